The summed E-state index contributed by atoms with van der Waals surface area (Å²) in [7, 11) is 0. The van der Waals surface area contributed by atoms with E-state index in [1.807, 2.05) is 41.3 Å². The minimum absolute atomic E-state index is 0.0318. The predicted octanol–water partition coefficient (Wildman–Crippen LogP) is 5.73. The zero-order valence-electron chi connectivity index (χ0n) is 16.1. The maximum absolute atomic E-state index is 13.0. The van der Waals surface area contributed by atoms with Gasteiger partial charge in [-0.2, -0.15) is 0 Å². The summed E-state index contributed by atoms with van der Waals surface area (Å²) in [6, 6.07) is 28.7. The van der Waals surface area contributed by atoms with Gasteiger partial charge in [0, 0.05) is 12.5 Å². The molecule has 1 aliphatic heterocycles. The number of carbonyl (C=O) groups excluding carboxylic acids is 1. The van der Waals surface area contributed by atoms with E-state index in [1.165, 1.54) is 16.7 Å². The summed E-state index contributed by atoms with van der Waals surface area (Å²) in [5, 5.41) is 0. The van der Waals surface area contributed by atoms with E-state index in [0.29, 0.717) is 13.2 Å². The van der Waals surface area contributed by atoms with Gasteiger partial charge in [-0.15, -0.1) is 0 Å². The van der Waals surface area contributed by atoms with Crippen LogP contribution in [0, 0.1) is 0 Å². The van der Waals surface area contributed by atoms with Gasteiger partial charge in [0.2, 0.25) is 0 Å². The Morgan fingerprint density at radius 1 is 0.964 bits per heavy atom. The molecular formula is C25H25NO2. The van der Waals surface area contributed by atoms with Crippen molar-refractivity contribution in [1.82, 2.24) is 4.90 Å². The summed E-state index contributed by atoms with van der Waals surface area (Å²) in [4.78, 5) is 14.9. The van der Waals surface area contributed by atoms with Crippen LogP contribution in [0.15, 0.2) is 84.9 Å². The Bertz CT molecular complexity index is 924. The molecule has 3 nitrogen and oxygen atoms in total. The van der Waals surface area contributed by atoms with E-state index in [-0.39, 0.29) is 18.1 Å². The first-order chi connectivity index (χ1) is 13.7. The van der Waals surface area contributed by atoms with Crippen LogP contribution in [0.4, 0.5) is 4.79 Å². The van der Waals surface area contributed by atoms with Crippen LogP contribution in [0.2, 0.25) is 0 Å². The van der Waals surface area contributed by atoms with Crippen LogP contribution in [-0.4, -0.2) is 17.5 Å². The quantitative estimate of drug-likeness (QED) is 0.586. The Labute approximate surface area is 166 Å². The maximum Gasteiger partial charge on any atom is 0.410 e. The summed E-state index contributed by atoms with van der Waals surface area (Å²) in [5.41, 5.74) is 4.77. The molecule has 0 aromatic heterocycles. The first-order valence-corrected chi connectivity index (χ1v) is 9.84. The van der Waals surface area contributed by atoms with Gasteiger partial charge >= 0.3 is 6.09 Å². The molecule has 0 saturated carbocycles. The Kier molecular flexibility index (Phi) is 5.43. The van der Waals surface area contributed by atoms with Gasteiger partial charge in [-0.3, -0.25) is 0 Å². The second-order valence-corrected chi connectivity index (χ2v) is 7.33. The van der Waals surface area contributed by atoms with Crippen molar-refractivity contribution >= 4 is 6.09 Å². The van der Waals surface area contributed by atoms with Crippen LogP contribution < -0.4 is 0 Å². The smallest absolute Gasteiger partial charge is 0.410 e. The lowest BCUT2D eigenvalue weighted by Crippen LogP contribution is -2.42. The fraction of sp³-hybridized carbons (Fsp3) is 0.240. The molecule has 2 atom stereocenters. The van der Waals surface area contributed by atoms with E-state index < -0.39 is 0 Å². The highest BCUT2D eigenvalue weighted by Gasteiger charge is 2.35. The second-order valence-electron chi connectivity index (χ2n) is 7.33. The van der Waals surface area contributed by atoms with Crippen molar-refractivity contribution in [2.45, 2.75) is 31.9 Å². The largest absolute Gasteiger partial charge is 0.445 e. The molecule has 0 spiro atoms. The number of nitrogens with zero attached hydrogens (tertiary/aromatic N) is 1. The van der Waals surface area contributed by atoms with Crippen molar-refractivity contribution in [3.63, 3.8) is 0 Å². The molecule has 3 aromatic rings. The lowest BCUT2D eigenvalue weighted by molar-refractivity contribution is 0.0719. The second kappa shape index (κ2) is 8.30. The van der Waals surface area contributed by atoms with E-state index in [2.05, 4.69) is 55.5 Å². The molecular weight excluding hydrogens is 346 g/mol. The summed E-state index contributed by atoms with van der Waals surface area (Å²) in [5.74, 6) is 0.173. The molecule has 1 aliphatic rings. The first-order valence-electron chi connectivity index (χ1n) is 9.84. The van der Waals surface area contributed by atoms with Crippen molar-refractivity contribution in [1.29, 1.82) is 0 Å². The lowest BCUT2D eigenvalue weighted by Gasteiger charge is -2.40. The maximum atomic E-state index is 13.0. The fourth-order valence-electron chi connectivity index (χ4n) is 4.08. The SMILES string of the molecule is CC(c1ccccc1)C1c2ccccc2CCN1C(=O)OCc1ccccc1. The first kappa shape index (κ1) is 18.3. The summed E-state index contributed by atoms with van der Waals surface area (Å²) in [6.45, 7) is 3.16. The van der Waals surface area contributed by atoms with Gasteiger partial charge in [0.1, 0.15) is 6.61 Å². The zero-order chi connectivity index (χ0) is 19.3. The number of rotatable bonds is 4. The molecule has 142 valence electrons. The van der Waals surface area contributed by atoms with Crippen molar-refractivity contribution < 1.29 is 9.53 Å². The zero-order valence-corrected chi connectivity index (χ0v) is 16.1. The highest BCUT2D eigenvalue weighted by atomic mass is 16.6. The van der Waals surface area contributed by atoms with E-state index in [4.69, 9.17) is 4.74 Å². The van der Waals surface area contributed by atoms with Crippen molar-refractivity contribution in [3.8, 4) is 0 Å². The standard InChI is InChI=1S/C25H25NO2/c1-19(21-12-6-3-7-13-21)24-23-15-9-8-14-22(23)16-17-26(24)25(27)28-18-20-10-4-2-5-11-20/h2-15,19,24H,16-18H2,1H3. The van der Waals surface area contributed by atoms with Crippen molar-refractivity contribution in [3.05, 3.63) is 107 Å². The molecule has 0 fully saturated rings. The van der Waals surface area contributed by atoms with Gasteiger partial charge in [-0.1, -0.05) is 91.9 Å². The predicted molar refractivity (Wildman–Crippen MR) is 111 cm³/mol. The monoisotopic (exact) mass is 371 g/mol. The molecule has 0 saturated heterocycles. The minimum atomic E-state index is -0.244. The van der Waals surface area contributed by atoms with Gasteiger partial charge in [0.05, 0.1) is 6.04 Å². The Balaban J connectivity index is 1.60. The van der Waals surface area contributed by atoms with Crippen LogP contribution in [0.5, 0.6) is 0 Å². The highest BCUT2D eigenvalue weighted by molar-refractivity contribution is 5.69. The van der Waals surface area contributed by atoms with E-state index in [1.54, 1.807) is 0 Å². The van der Waals surface area contributed by atoms with Gasteiger partial charge in [-0.05, 0) is 28.7 Å². The molecule has 0 radical (unpaired) electrons. The number of ether oxygens (including phenoxy) is 1. The number of hydrogen-bond acceptors (Lipinski definition) is 2. The Morgan fingerprint density at radius 3 is 2.36 bits per heavy atom. The Morgan fingerprint density at radius 2 is 1.61 bits per heavy atom. The van der Waals surface area contributed by atoms with Crippen LogP contribution in [-0.2, 0) is 17.8 Å². The van der Waals surface area contributed by atoms with Crippen molar-refractivity contribution in [2.75, 3.05) is 6.54 Å². The van der Waals surface area contributed by atoms with Crippen molar-refractivity contribution in [2.24, 2.45) is 0 Å². The fourth-order valence-corrected chi connectivity index (χ4v) is 4.08. The van der Waals surface area contributed by atoms with E-state index in [0.717, 1.165) is 12.0 Å². The topological polar surface area (TPSA) is 29.5 Å². The molecule has 1 heterocycles. The normalized spacial score (nSPS) is 16.9. The van der Waals surface area contributed by atoms with Crippen LogP contribution >= 0.6 is 0 Å². The molecule has 4 rings (SSSR count). The average molecular weight is 371 g/mol. The van der Waals surface area contributed by atoms with Crippen LogP contribution in [0.3, 0.4) is 0 Å². The molecule has 28 heavy (non-hydrogen) atoms. The molecule has 3 heteroatoms. The van der Waals surface area contributed by atoms with E-state index >= 15 is 0 Å². The highest BCUT2D eigenvalue weighted by Crippen LogP contribution is 2.40. The summed E-state index contributed by atoms with van der Waals surface area (Å²) >= 11 is 0. The van der Waals surface area contributed by atoms with E-state index in [9.17, 15) is 4.79 Å². The number of hydrogen-bond donors (Lipinski definition) is 0. The molecule has 1 amide bonds. The third-order valence-corrected chi connectivity index (χ3v) is 5.57. The van der Waals surface area contributed by atoms with Gasteiger partial charge in [-0.25, -0.2) is 4.79 Å². The van der Waals surface area contributed by atoms with Gasteiger partial charge < -0.3 is 9.64 Å². The van der Waals surface area contributed by atoms with Gasteiger partial charge in [0.15, 0.2) is 0 Å². The third-order valence-electron chi connectivity index (χ3n) is 5.57. The minimum Gasteiger partial charge on any atom is -0.445 e. The molecule has 0 N–H and O–H groups in total. The number of carbonyl (C=O) groups is 1. The van der Waals surface area contributed by atoms with Gasteiger partial charge in [0.25, 0.3) is 0 Å². The summed E-state index contributed by atoms with van der Waals surface area (Å²) < 4.78 is 5.69. The summed E-state index contributed by atoms with van der Waals surface area (Å²) in [6.07, 6.45) is 0.611. The average Bonchev–Trinajstić information content (AvgIpc) is 2.77. The van der Waals surface area contributed by atoms with Crippen LogP contribution in [0.1, 0.15) is 41.1 Å². The molecule has 2 unspecified atom stereocenters. The number of benzene rings is 3. The van der Waals surface area contributed by atoms with Crippen LogP contribution in [0.25, 0.3) is 0 Å². The molecule has 0 bridgehead atoms. The Hall–Kier alpha value is -3.07. The molecule has 0 aliphatic carbocycles. The lowest BCUT2D eigenvalue weighted by atomic mass is 9.82. The molecule has 3 aromatic carbocycles. The number of fused-ring (bicyclic) bond motifs is 1. The third kappa shape index (κ3) is 3.79. The number of amides is 1.